The lowest BCUT2D eigenvalue weighted by atomic mass is 10.3. The number of aryl methyl sites for hydroxylation is 1. The Morgan fingerprint density at radius 3 is 3.00 bits per heavy atom. The number of hydrogen-bond donors (Lipinski definition) is 1. The maximum atomic E-state index is 5.25. The predicted octanol–water partition coefficient (Wildman–Crippen LogP) is 0.979. The van der Waals surface area contributed by atoms with Gasteiger partial charge in [0.25, 0.3) is 0 Å². The first-order valence-corrected chi connectivity index (χ1v) is 5.59. The van der Waals surface area contributed by atoms with Crippen LogP contribution >= 0.6 is 0 Å². The quantitative estimate of drug-likeness (QED) is 0.651. The van der Waals surface area contributed by atoms with Gasteiger partial charge in [0, 0.05) is 45.6 Å². The van der Waals surface area contributed by atoms with Gasteiger partial charge in [-0.05, 0) is 19.9 Å². The van der Waals surface area contributed by atoms with Gasteiger partial charge in [0.1, 0.15) is 5.82 Å². The summed E-state index contributed by atoms with van der Waals surface area (Å²) in [6.07, 6.45) is 5.88. The number of nitrogens with zero attached hydrogens (tertiary/aromatic N) is 2. The van der Waals surface area contributed by atoms with Crippen LogP contribution in [0.15, 0.2) is 12.4 Å². The van der Waals surface area contributed by atoms with Crippen LogP contribution in [-0.4, -0.2) is 35.9 Å². The van der Waals surface area contributed by atoms with Crippen molar-refractivity contribution in [1.82, 2.24) is 14.9 Å². The summed E-state index contributed by atoms with van der Waals surface area (Å²) in [6, 6.07) is 0. The van der Waals surface area contributed by atoms with Gasteiger partial charge in [0.05, 0.1) is 0 Å². The van der Waals surface area contributed by atoms with Crippen molar-refractivity contribution in [1.29, 1.82) is 0 Å². The van der Waals surface area contributed by atoms with Gasteiger partial charge in [-0.2, -0.15) is 0 Å². The molecule has 0 bridgehead atoms. The minimum absolute atomic E-state index is 0.813. The molecular weight excluding hydrogens is 190 g/mol. The summed E-state index contributed by atoms with van der Waals surface area (Å²) in [5, 5.41) is 3.38. The summed E-state index contributed by atoms with van der Waals surface area (Å²) in [6.45, 7) is 5.69. The Morgan fingerprint density at radius 2 is 2.33 bits per heavy atom. The molecule has 15 heavy (non-hydrogen) atoms. The molecule has 1 N–H and O–H groups in total. The monoisotopic (exact) mass is 211 g/mol. The first-order chi connectivity index (χ1) is 7.34. The number of imidazole rings is 1. The SMILES string of the molecule is CCOCCCNCCc1nccn1C. The molecule has 1 aromatic heterocycles. The third-order valence-corrected chi connectivity index (χ3v) is 2.29. The second kappa shape index (κ2) is 7.43. The number of hydrogen-bond acceptors (Lipinski definition) is 3. The minimum atomic E-state index is 0.813. The number of rotatable bonds is 8. The van der Waals surface area contributed by atoms with E-state index >= 15 is 0 Å². The third kappa shape index (κ3) is 4.95. The molecule has 0 aliphatic rings. The van der Waals surface area contributed by atoms with Gasteiger partial charge in [-0.3, -0.25) is 0 Å². The molecule has 0 aliphatic carbocycles. The van der Waals surface area contributed by atoms with Crippen molar-refractivity contribution >= 4 is 0 Å². The summed E-state index contributed by atoms with van der Waals surface area (Å²) < 4.78 is 7.31. The molecule has 4 nitrogen and oxygen atoms in total. The predicted molar refractivity (Wildman–Crippen MR) is 60.9 cm³/mol. The molecule has 0 atom stereocenters. The van der Waals surface area contributed by atoms with Gasteiger partial charge >= 0.3 is 0 Å². The smallest absolute Gasteiger partial charge is 0.109 e. The molecule has 0 aliphatic heterocycles. The van der Waals surface area contributed by atoms with Gasteiger partial charge in [-0.15, -0.1) is 0 Å². The topological polar surface area (TPSA) is 39.1 Å². The van der Waals surface area contributed by atoms with E-state index in [1.165, 1.54) is 0 Å². The maximum Gasteiger partial charge on any atom is 0.109 e. The Bertz CT molecular complexity index is 260. The molecule has 0 amide bonds. The van der Waals surface area contributed by atoms with Crippen LogP contribution < -0.4 is 5.32 Å². The minimum Gasteiger partial charge on any atom is -0.382 e. The fourth-order valence-corrected chi connectivity index (χ4v) is 1.41. The van der Waals surface area contributed by atoms with Gasteiger partial charge in [0.15, 0.2) is 0 Å². The van der Waals surface area contributed by atoms with Crippen LogP contribution in [0.4, 0.5) is 0 Å². The molecule has 0 aromatic carbocycles. The van der Waals surface area contributed by atoms with Crippen LogP contribution in [0, 0.1) is 0 Å². The van der Waals surface area contributed by atoms with Gasteiger partial charge < -0.3 is 14.6 Å². The molecule has 86 valence electrons. The molecule has 0 unspecified atom stereocenters. The summed E-state index contributed by atoms with van der Waals surface area (Å²) in [5.74, 6) is 1.13. The average Bonchev–Trinajstić information content (AvgIpc) is 2.63. The number of nitrogens with one attached hydrogen (secondary N) is 1. The van der Waals surface area contributed by atoms with Crippen LogP contribution in [0.2, 0.25) is 0 Å². The van der Waals surface area contributed by atoms with Crippen LogP contribution in [-0.2, 0) is 18.2 Å². The third-order valence-electron chi connectivity index (χ3n) is 2.29. The van der Waals surface area contributed by atoms with Gasteiger partial charge in [-0.25, -0.2) is 4.98 Å². The molecule has 1 rings (SSSR count). The zero-order valence-electron chi connectivity index (χ0n) is 9.70. The normalized spacial score (nSPS) is 10.8. The number of ether oxygens (including phenoxy) is 1. The van der Waals surface area contributed by atoms with E-state index in [4.69, 9.17) is 4.74 Å². The second-order valence-corrected chi connectivity index (χ2v) is 3.50. The van der Waals surface area contributed by atoms with E-state index in [0.29, 0.717) is 0 Å². The van der Waals surface area contributed by atoms with Crippen molar-refractivity contribution < 1.29 is 4.74 Å². The van der Waals surface area contributed by atoms with Crippen molar-refractivity contribution in [2.75, 3.05) is 26.3 Å². The second-order valence-electron chi connectivity index (χ2n) is 3.50. The zero-order valence-corrected chi connectivity index (χ0v) is 9.70. The molecule has 0 saturated heterocycles. The van der Waals surface area contributed by atoms with Gasteiger partial charge in [-0.1, -0.05) is 0 Å². The standard InChI is InChI=1S/C11H21N3O/c1-3-15-10-4-6-12-7-5-11-13-8-9-14(11)2/h8-9,12H,3-7,10H2,1-2H3. The van der Waals surface area contributed by atoms with E-state index in [1.807, 2.05) is 26.4 Å². The Balaban J connectivity index is 1.96. The van der Waals surface area contributed by atoms with E-state index < -0.39 is 0 Å². The highest BCUT2D eigenvalue weighted by atomic mass is 16.5. The Kier molecular flexibility index (Phi) is 6.04. The lowest BCUT2D eigenvalue weighted by Crippen LogP contribution is -2.20. The molecule has 4 heteroatoms. The summed E-state index contributed by atoms with van der Waals surface area (Å²) >= 11 is 0. The van der Waals surface area contributed by atoms with Crippen molar-refractivity contribution in [2.24, 2.45) is 7.05 Å². The molecule has 1 heterocycles. The molecule has 0 spiro atoms. The van der Waals surface area contributed by atoms with E-state index in [-0.39, 0.29) is 0 Å². The van der Waals surface area contributed by atoms with Crippen LogP contribution in [0.3, 0.4) is 0 Å². The first kappa shape index (κ1) is 12.2. The van der Waals surface area contributed by atoms with E-state index in [2.05, 4.69) is 14.9 Å². The van der Waals surface area contributed by atoms with E-state index in [9.17, 15) is 0 Å². The lowest BCUT2D eigenvalue weighted by molar-refractivity contribution is 0.145. The maximum absolute atomic E-state index is 5.25. The van der Waals surface area contributed by atoms with Crippen molar-refractivity contribution in [3.05, 3.63) is 18.2 Å². The molecule has 1 aromatic rings. The van der Waals surface area contributed by atoms with E-state index in [1.54, 1.807) is 0 Å². The Morgan fingerprint density at radius 1 is 1.47 bits per heavy atom. The number of aromatic nitrogens is 2. The van der Waals surface area contributed by atoms with Crippen LogP contribution in [0.1, 0.15) is 19.2 Å². The highest BCUT2D eigenvalue weighted by Gasteiger charge is 1.97. The zero-order chi connectivity index (χ0) is 10.9. The van der Waals surface area contributed by atoms with Gasteiger partial charge in [0.2, 0.25) is 0 Å². The average molecular weight is 211 g/mol. The fourth-order valence-electron chi connectivity index (χ4n) is 1.41. The molecule has 0 radical (unpaired) electrons. The highest BCUT2D eigenvalue weighted by molar-refractivity contribution is 4.91. The Hall–Kier alpha value is -0.870. The summed E-state index contributed by atoms with van der Waals surface area (Å²) in [4.78, 5) is 4.26. The van der Waals surface area contributed by atoms with Crippen LogP contribution in [0.5, 0.6) is 0 Å². The molecular formula is C11H21N3O. The molecule has 0 fully saturated rings. The summed E-state index contributed by atoms with van der Waals surface area (Å²) in [7, 11) is 2.03. The largest absolute Gasteiger partial charge is 0.382 e. The van der Waals surface area contributed by atoms with E-state index in [0.717, 1.165) is 45.0 Å². The van der Waals surface area contributed by atoms with Crippen LogP contribution in [0.25, 0.3) is 0 Å². The first-order valence-electron chi connectivity index (χ1n) is 5.59. The highest BCUT2D eigenvalue weighted by Crippen LogP contribution is 1.93. The van der Waals surface area contributed by atoms with Crippen molar-refractivity contribution in [3.63, 3.8) is 0 Å². The summed E-state index contributed by atoms with van der Waals surface area (Å²) in [5.41, 5.74) is 0. The van der Waals surface area contributed by atoms with Crippen molar-refractivity contribution in [3.8, 4) is 0 Å². The fraction of sp³-hybridized carbons (Fsp3) is 0.727. The Labute approximate surface area is 91.7 Å². The molecule has 0 saturated carbocycles. The van der Waals surface area contributed by atoms with Crippen molar-refractivity contribution in [2.45, 2.75) is 19.8 Å². The lowest BCUT2D eigenvalue weighted by Gasteiger charge is -2.05.